The molecule has 0 aromatic rings. The molecule has 3 heteroatoms. The minimum Gasteiger partial charge on any atom is -0.372 e. The highest BCUT2D eigenvalue weighted by Crippen LogP contribution is 2.35. The Morgan fingerprint density at radius 1 is 1.12 bits per heavy atom. The summed E-state index contributed by atoms with van der Waals surface area (Å²) < 4.78 is 5.94. The minimum atomic E-state index is 0.518. The Morgan fingerprint density at radius 2 is 1.82 bits per heavy atom. The first-order valence-corrected chi connectivity index (χ1v) is 7.36. The van der Waals surface area contributed by atoms with Crippen LogP contribution in [0.4, 0.5) is 0 Å². The van der Waals surface area contributed by atoms with E-state index in [0.717, 1.165) is 37.5 Å². The third kappa shape index (κ3) is 2.38. The summed E-state index contributed by atoms with van der Waals surface area (Å²) >= 11 is 0. The van der Waals surface area contributed by atoms with Gasteiger partial charge in [-0.25, -0.2) is 0 Å². The smallest absolute Gasteiger partial charge is 0.0707 e. The molecule has 2 N–H and O–H groups in total. The fourth-order valence-electron chi connectivity index (χ4n) is 4.05. The van der Waals surface area contributed by atoms with Crippen LogP contribution in [0.2, 0.25) is 0 Å². The van der Waals surface area contributed by atoms with E-state index in [9.17, 15) is 0 Å². The Labute approximate surface area is 105 Å². The Hall–Kier alpha value is -0.120. The molecule has 3 aliphatic rings. The molecule has 2 saturated heterocycles. The standard InChI is InChI=1S/C14H26N2O/c1-10-2-3-11(7-15)14(6-10)16-8-12-4-5-13(9-16)17-12/h10-14H,2-9,15H2,1H3. The van der Waals surface area contributed by atoms with E-state index in [4.69, 9.17) is 10.5 Å². The molecule has 1 aliphatic carbocycles. The largest absolute Gasteiger partial charge is 0.372 e. The molecule has 0 amide bonds. The molecule has 2 aliphatic heterocycles. The van der Waals surface area contributed by atoms with Crippen LogP contribution in [-0.4, -0.2) is 42.8 Å². The third-order valence-electron chi connectivity index (χ3n) is 5.06. The SMILES string of the molecule is CC1CCC(CN)C(N2CC3CCC(C2)O3)C1. The van der Waals surface area contributed by atoms with Crippen LogP contribution in [0.25, 0.3) is 0 Å². The van der Waals surface area contributed by atoms with Gasteiger partial charge in [0.15, 0.2) is 0 Å². The average molecular weight is 238 g/mol. The second-order valence-corrected chi connectivity index (χ2v) is 6.39. The second kappa shape index (κ2) is 4.87. The number of hydrogen-bond donors (Lipinski definition) is 1. The second-order valence-electron chi connectivity index (χ2n) is 6.39. The van der Waals surface area contributed by atoms with E-state index in [1.54, 1.807) is 0 Å². The van der Waals surface area contributed by atoms with Gasteiger partial charge in [-0.1, -0.05) is 13.3 Å². The van der Waals surface area contributed by atoms with Gasteiger partial charge < -0.3 is 10.5 Å². The monoisotopic (exact) mass is 238 g/mol. The average Bonchev–Trinajstić information content (AvgIpc) is 2.68. The van der Waals surface area contributed by atoms with E-state index < -0.39 is 0 Å². The molecule has 3 rings (SSSR count). The van der Waals surface area contributed by atoms with Crippen molar-refractivity contribution in [2.45, 2.75) is 57.3 Å². The summed E-state index contributed by atoms with van der Waals surface area (Å²) in [6.07, 6.45) is 7.63. The van der Waals surface area contributed by atoms with E-state index in [0.29, 0.717) is 12.2 Å². The van der Waals surface area contributed by atoms with Crippen LogP contribution >= 0.6 is 0 Å². The lowest BCUT2D eigenvalue weighted by Crippen LogP contribution is -2.53. The molecule has 0 spiro atoms. The molecule has 0 radical (unpaired) electrons. The molecule has 2 heterocycles. The molecule has 5 atom stereocenters. The van der Waals surface area contributed by atoms with E-state index in [-0.39, 0.29) is 0 Å². The number of nitrogens with two attached hydrogens (primary N) is 1. The van der Waals surface area contributed by atoms with Gasteiger partial charge in [0.05, 0.1) is 12.2 Å². The zero-order valence-electron chi connectivity index (χ0n) is 11.0. The number of hydrogen-bond acceptors (Lipinski definition) is 3. The minimum absolute atomic E-state index is 0.518. The van der Waals surface area contributed by atoms with Gasteiger partial charge in [-0.15, -0.1) is 0 Å². The van der Waals surface area contributed by atoms with Crippen molar-refractivity contribution >= 4 is 0 Å². The highest BCUT2D eigenvalue weighted by atomic mass is 16.5. The topological polar surface area (TPSA) is 38.5 Å². The van der Waals surface area contributed by atoms with Crippen molar-refractivity contribution in [2.75, 3.05) is 19.6 Å². The molecule has 3 nitrogen and oxygen atoms in total. The van der Waals surface area contributed by atoms with Crippen LogP contribution in [-0.2, 0) is 4.74 Å². The highest BCUT2D eigenvalue weighted by molar-refractivity contribution is 4.93. The zero-order valence-corrected chi connectivity index (χ0v) is 11.0. The summed E-state index contributed by atoms with van der Waals surface area (Å²) in [5.74, 6) is 1.60. The van der Waals surface area contributed by atoms with E-state index in [1.807, 2.05) is 0 Å². The number of likely N-dealkylation sites (tertiary alicyclic amines) is 1. The quantitative estimate of drug-likeness (QED) is 0.794. The first-order valence-electron chi connectivity index (χ1n) is 7.36. The van der Waals surface area contributed by atoms with Crippen LogP contribution < -0.4 is 5.73 Å². The Bertz CT molecular complexity index is 259. The van der Waals surface area contributed by atoms with Crippen molar-refractivity contribution < 1.29 is 4.74 Å². The number of fused-ring (bicyclic) bond motifs is 2. The molecule has 17 heavy (non-hydrogen) atoms. The Kier molecular flexibility index (Phi) is 3.42. The maximum atomic E-state index is 5.97. The van der Waals surface area contributed by atoms with Gasteiger partial charge in [-0.05, 0) is 44.1 Å². The maximum Gasteiger partial charge on any atom is 0.0707 e. The van der Waals surface area contributed by atoms with Gasteiger partial charge in [0.1, 0.15) is 0 Å². The molecule has 0 aromatic heterocycles. The highest BCUT2D eigenvalue weighted by Gasteiger charge is 2.40. The summed E-state index contributed by atoms with van der Waals surface area (Å²) in [5.41, 5.74) is 5.97. The van der Waals surface area contributed by atoms with Gasteiger partial charge in [-0.2, -0.15) is 0 Å². The van der Waals surface area contributed by atoms with Crippen LogP contribution in [0.15, 0.2) is 0 Å². The fraction of sp³-hybridized carbons (Fsp3) is 1.00. The van der Waals surface area contributed by atoms with Gasteiger partial charge in [-0.3, -0.25) is 4.90 Å². The number of ether oxygens (including phenoxy) is 1. The molecule has 98 valence electrons. The van der Waals surface area contributed by atoms with Crippen molar-refractivity contribution in [1.29, 1.82) is 0 Å². The number of nitrogens with zero attached hydrogens (tertiary/aromatic N) is 1. The van der Waals surface area contributed by atoms with Gasteiger partial charge in [0, 0.05) is 19.1 Å². The molecular weight excluding hydrogens is 212 g/mol. The predicted octanol–water partition coefficient (Wildman–Crippen LogP) is 1.61. The van der Waals surface area contributed by atoms with Crippen molar-refractivity contribution in [1.82, 2.24) is 4.90 Å². The van der Waals surface area contributed by atoms with Crippen LogP contribution in [0.1, 0.15) is 39.0 Å². The predicted molar refractivity (Wildman–Crippen MR) is 68.8 cm³/mol. The first kappa shape index (κ1) is 11.9. The van der Waals surface area contributed by atoms with E-state index in [2.05, 4.69) is 11.8 Å². The van der Waals surface area contributed by atoms with Crippen molar-refractivity contribution in [3.8, 4) is 0 Å². The normalized spacial score (nSPS) is 47.3. The molecule has 3 fully saturated rings. The molecular formula is C14H26N2O. The lowest BCUT2D eigenvalue weighted by molar-refractivity contribution is -0.0690. The molecule has 5 unspecified atom stereocenters. The molecule has 0 aromatic carbocycles. The van der Waals surface area contributed by atoms with E-state index >= 15 is 0 Å². The zero-order chi connectivity index (χ0) is 11.8. The lowest BCUT2D eigenvalue weighted by Gasteiger charge is -2.45. The Balaban J connectivity index is 1.68. The van der Waals surface area contributed by atoms with Crippen molar-refractivity contribution in [2.24, 2.45) is 17.6 Å². The van der Waals surface area contributed by atoms with E-state index in [1.165, 1.54) is 32.1 Å². The molecule has 1 saturated carbocycles. The van der Waals surface area contributed by atoms with Crippen molar-refractivity contribution in [3.63, 3.8) is 0 Å². The maximum absolute atomic E-state index is 5.97. The summed E-state index contributed by atoms with van der Waals surface area (Å²) in [6.45, 7) is 5.58. The van der Waals surface area contributed by atoms with Gasteiger partial charge in [0.2, 0.25) is 0 Å². The van der Waals surface area contributed by atoms with Gasteiger partial charge >= 0.3 is 0 Å². The third-order valence-corrected chi connectivity index (χ3v) is 5.06. The van der Waals surface area contributed by atoms with Crippen LogP contribution in [0.5, 0.6) is 0 Å². The summed E-state index contributed by atoms with van der Waals surface area (Å²) in [5, 5.41) is 0. The van der Waals surface area contributed by atoms with Crippen LogP contribution in [0.3, 0.4) is 0 Å². The van der Waals surface area contributed by atoms with Gasteiger partial charge in [0.25, 0.3) is 0 Å². The fourth-order valence-corrected chi connectivity index (χ4v) is 4.05. The Morgan fingerprint density at radius 3 is 2.47 bits per heavy atom. The lowest BCUT2D eigenvalue weighted by atomic mass is 9.78. The summed E-state index contributed by atoms with van der Waals surface area (Å²) in [4.78, 5) is 2.71. The first-order chi connectivity index (χ1) is 8.26. The summed E-state index contributed by atoms with van der Waals surface area (Å²) in [6, 6.07) is 0.732. The molecule has 2 bridgehead atoms. The number of morpholine rings is 1. The summed E-state index contributed by atoms with van der Waals surface area (Å²) in [7, 11) is 0. The number of rotatable bonds is 2. The van der Waals surface area contributed by atoms with Crippen molar-refractivity contribution in [3.05, 3.63) is 0 Å². The van der Waals surface area contributed by atoms with Crippen LogP contribution in [0, 0.1) is 11.8 Å².